The van der Waals surface area contributed by atoms with Crippen LogP contribution in [0.25, 0.3) is 0 Å². The maximum atomic E-state index is 12.9. The summed E-state index contributed by atoms with van der Waals surface area (Å²) in [5.74, 6) is -1.83. The SMILES string of the molecule is Cc1ccc([N+](=O)[O-])c(NC(=O)COc2cc(C(F)(F)F)cc(C(F)(F)F)c2)c1C. The molecule has 0 radical (unpaired) electrons. The molecule has 0 fully saturated rings. The zero-order valence-electron chi connectivity index (χ0n) is 15.4. The molecule has 0 atom stereocenters. The lowest BCUT2D eigenvalue weighted by Crippen LogP contribution is -2.22. The van der Waals surface area contributed by atoms with Gasteiger partial charge in [0.15, 0.2) is 6.61 Å². The van der Waals surface area contributed by atoms with E-state index in [2.05, 4.69) is 5.32 Å². The summed E-state index contributed by atoms with van der Waals surface area (Å²) in [7, 11) is 0. The van der Waals surface area contributed by atoms with E-state index in [1.54, 1.807) is 6.92 Å². The molecule has 0 aliphatic carbocycles. The van der Waals surface area contributed by atoms with Crippen LogP contribution in [0.4, 0.5) is 37.7 Å². The van der Waals surface area contributed by atoms with E-state index < -0.39 is 52.4 Å². The molecule has 0 aromatic heterocycles. The number of nitro groups is 1. The fourth-order valence-corrected chi connectivity index (χ4v) is 2.45. The first-order valence-electron chi connectivity index (χ1n) is 8.17. The number of carbonyl (C=O) groups is 1. The molecule has 0 heterocycles. The van der Waals surface area contributed by atoms with Gasteiger partial charge in [-0.05, 0) is 43.2 Å². The summed E-state index contributed by atoms with van der Waals surface area (Å²) in [6, 6.07) is 3.18. The highest BCUT2D eigenvalue weighted by Gasteiger charge is 2.37. The molecule has 0 bridgehead atoms. The summed E-state index contributed by atoms with van der Waals surface area (Å²) in [5.41, 5.74) is -2.78. The standard InChI is InChI=1S/C18H14F6N2O4/c1-9-3-4-14(26(28)29)16(10(9)2)25-15(27)8-30-13-6-11(17(19,20)21)5-12(7-13)18(22,23)24/h3-7H,8H2,1-2H3,(H,25,27). The van der Waals surface area contributed by atoms with E-state index in [-0.39, 0.29) is 11.8 Å². The minimum absolute atomic E-state index is 0.0770. The molecular formula is C18H14F6N2O4. The van der Waals surface area contributed by atoms with Crippen LogP contribution in [0.5, 0.6) is 5.75 Å². The zero-order valence-corrected chi connectivity index (χ0v) is 15.4. The van der Waals surface area contributed by atoms with Crippen LogP contribution in [0.2, 0.25) is 0 Å². The lowest BCUT2D eigenvalue weighted by molar-refractivity contribution is -0.384. The Morgan fingerprint density at radius 1 is 1.03 bits per heavy atom. The summed E-state index contributed by atoms with van der Waals surface area (Å²) < 4.78 is 82.0. The van der Waals surface area contributed by atoms with E-state index in [4.69, 9.17) is 4.74 Å². The van der Waals surface area contributed by atoms with Crippen LogP contribution in [0.15, 0.2) is 30.3 Å². The lowest BCUT2D eigenvalue weighted by atomic mass is 10.1. The van der Waals surface area contributed by atoms with Gasteiger partial charge >= 0.3 is 12.4 Å². The van der Waals surface area contributed by atoms with Crippen LogP contribution in [0.3, 0.4) is 0 Å². The van der Waals surface area contributed by atoms with Crippen LogP contribution < -0.4 is 10.1 Å². The van der Waals surface area contributed by atoms with Gasteiger partial charge in [0.2, 0.25) is 0 Å². The fraction of sp³-hybridized carbons (Fsp3) is 0.278. The van der Waals surface area contributed by atoms with Gasteiger partial charge in [-0.2, -0.15) is 26.3 Å². The van der Waals surface area contributed by atoms with Crippen molar-refractivity contribution >= 4 is 17.3 Å². The van der Waals surface area contributed by atoms with E-state index in [9.17, 15) is 41.3 Å². The topological polar surface area (TPSA) is 81.5 Å². The second-order valence-corrected chi connectivity index (χ2v) is 6.24. The van der Waals surface area contributed by atoms with Crippen LogP contribution in [-0.4, -0.2) is 17.4 Å². The molecule has 1 amide bonds. The molecule has 0 saturated heterocycles. The molecule has 1 N–H and O–H groups in total. The van der Waals surface area contributed by atoms with Crippen LogP contribution in [-0.2, 0) is 17.1 Å². The summed E-state index contributed by atoms with van der Waals surface area (Å²) in [6.45, 7) is 2.16. The Hall–Kier alpha value is -3.31. The molecule has 6 nitrogen and oxygen atoms in total. The summed E-state index contributed by atoms with van der Waals surface area (Å²) in [5, 5.41) is 13.3. The van der Waals surface area contributed by atoms with Gasteiger partial charge in [0.05, 0.1) is 16.1 Å². The molecule has 0 spiro atoms. The van der Waals surface area contributed by atoms with Crippen molar-refractivity contribution < 1.29 is 40.8 Å². The number of nitrogens with one attached hydrogen (secondary N) is 1. The number of hydrogen-bond donors (Lipinski definition) is 1. The first-order chi connectivity index (χ1) is 13.7. The molecule has 0 aliphatic rings. The van der Waals surface area contributed by atoms with E-state index in [1.165, 1.54) is 13.0 Å². The van der Waals surface area contributed by atoms with Crippen molar-refractivity contribution in [3.63, 3.8) is 0 Å². The second kappa shape index (κ2) is 8.20. The van der Waals surface area contributed by atoms with Gasteiger partial charge in [-0.3, -0.25) is 14.9 Å². The number of nitrogens with zero attached hydrogens (tertiary/aromatic N) is 1. The van der Waals surface area contributed by atoms with E-state index in [0.29, 0.717) is 23.3 Å². The molecule has 2 aromatic rings. The fourth-order valence-electron chi connectivity index (χ4n) is 2.45. The molecule has 2 rings (SSSR count). The normalized spacial score (nSPS) is 11.9. The number of carbonyl (C=O) groups excluding carboxylic acids is 1. The number of benzene rings is 2. The summed E-state index contributed by atoms with van der Waals surface area (Å²) >= 11 is 0. The van der Waals surface area contributed by atoms with Crippen molar-refractivity contribution in [1.82, 2.24) is 0 Å². The number of ether oxygens (including phenoxy) is 1. The maximum absolute atomic E-state index is 12.9. The third kappa shape index (κ3) is 5.39. The third-order valence-electron chi connectivity index (χ3n) is 4.11. The number of hydrogen-bond acceptors (Lipinski definition) is 4. The van der Waals surface area contributed by atoms with Crippen molar-refractivity contribution in [1.29, 1.82) is 0 Å². The van der Waals surface area contributed by atoms with Gasteiger partial charge in [0.1, 0.15) is 11.4 Å². The molecule has 162 valence electrons. The van der Waals surface area contributed by atoms with Gasteiger partial charge in [-0.25, -0.2) is 0 Å². The van der Waals surface area contributed by atoms with Crippen molar-refractivity contribution in [3.05, 3.63) is 62.7 Å². The predicted octanol–water partition coefficient (Wildman–Crippen LogP) is 5.27. The first kappa shape index (κ1) is 23.0. The molecule has 0 saturated carbocycles. The van der Waals surface area contributed by atoms with Crippen molar-refractivity contribution in [2.75, 3.05) is 11.9 Å². The molecule has 12 heteroatoms. The maximum Gasteiger partial charge on any atom is 0.416 e. The second-order valence-electron chi connectivity index (χ2n) is 6.24. The van der Waals surface area contributed by atoms with E-state index in [1.807, 2.05) is 0 Å². The van der Waals surface area contributed by atoms with Crippen molar-refractivity contribution in [2.45, 2.75) is 26.2 Å². The van der Waals surface area contributed by atoms with Gasteiger partial charge in [0.25, 0.3) is 11.6 Å². The van der Waals surface area contributed by atoms with Crippen molar-refractivity contribution in [2.24, 2.45) is 0 Å². The minimum atomic E-state index is -5.07. The number of amides is 1. The minimum Gasteiger partial charge on any atom is -0.484 e. The van der Waals surface area contributed by atoms with Gasteiger partial charge in [0, 0.05) is 6.07 Å². The molecular weight excluding hydrogens is 422 g/mol. The van der Waals surface area contributed by atoms with Crippen LogP contribution >= 0.6 is 0 Å². The molecule has 0 unspecified atom stereocenters. The lowest BCUT2D eigenvalue weighted by Gasteiger charge is -2.15. The number of alkyl halides is 6. The first-order valence-corrected chi connectivity index (χ1v) is 8.17. The Morgan fingerprint density at radius 2 is 1.57 bits per heavy atom. The Morgan fingerprint density at radius 3 is 2.03 bits per heavy atom. The molecule has 2 aromatic carbocycles. The van der Waals surface area contributed by atoms with Gasteiger partial charge in [-0.1, -0.05) is 6.07 Å². The van der Waals surface area contributed by atoms with Crippen LogP contribution in [0, 0.1) is 24.0 Å². The Kier molecular flexibility index (Phi) is 6.28. The van der Waals surface area contributed by atoms with Crippen molar-refractivity contribution in [3.8, 4) is 5.75 Å². The Labute approximate surface area is 165 Å². The smallest absolute Gasteiger partial charge is 0.416 e. The van der Waals surface area contributed by atoms with E-state index in [0.717, 1.165) is 6.07 Å². The largest absolute Gasteiger partial charge is 0.484 e. The molecule has 0 aliphatic heterocycles. The number of anilines is 1. The highest BCUT2D eigenvalue weighted by molar-refractivity contribution is 5.95. The van der Waals surface area contributed by atoms with E-state index >= 15 is 0 Å². The average molecular weight is 436 g/mol. The number of halogens is 6. The Balaban J connectivity index is 2.25. The summed E-state index contributed by atoms with van der Waals surface area (Å²) in [6.07, 6.45) is -10.1. The monoisotopic (exact) mass is 436 g/mol. The summed E-state index contributed by atoms with van der Waals surface area (Å²) in [4.78, 5) is 22.5. The average Bonchev–Trinajstić information content (AvgIpc) is 2.62. The third-order valence-corrected chi connectivity index (χ3v) is 4.11. The quantitative estimate of drug-likeness (QED) is 0.394. The van der Waals surface area contributed by atoms with Gasteiger partial charge < -0.3 is 10.1 Å². The Bertz CT molecular complexity index is 954. The predicted molar refractivity (Wildman–Crippen MR) is 93.1 cm³/mol. The number of nitro benzene ring substituents is 1. The van der Waals surface area contributed by atoms with Crippen LogP contribution in [0.1, 0.15) is 22.3 Å². The highest BCUT2D eigenvalue weighted by atomic mass is 19.4. The number of rotatable bonds is 5. The zero-order chi connectivity index (χ0) is 22.9. The highest BCUT2D eigenvalue weighted by Crippen LogP contribution is 2.38. The van der Waals surface area contributed by atoms with Gasteiger partial charge in [-0.15, -0.1) is 0 Å². The molecule has 30 heavy (non-hydrogen) atoms. The number of aryl methyl sites for hydroxylation is 1.